The number of hydrogen-bond donors (Lipinski definition) is 1. The SMILES string of the molecule is O=C(NCC(c1ccccc1Cl)N1CCCC1)C1=NN(c2ccccc2)C(=O)CC1. The second-order valence-electron chi connectivity index (χ2n) is 7.58. The van der Waals surface area contributed by atoms with Gasteiger partial charge in [-0.25, -0.2) is 5.01 Å². The van der Waals surface area contributed by atoms with Crippen molar-refractivity contribution in [3.63, 3.8) is 0 Å². The van der Waals surface area contributed by atoms with Crippen molar-refractivity contribution in [3.8, 4) is 0 Å². The summed E-state index contributed by atoms with van der Waals surface area (Å²) >= 11 is 6.46. The molecule has 0 saturated carbocycles. The fourth-order valence-electron chi connectivity index (χ4n) is 4.01. The first-order chi connectivity index (χ1) is 14.6. The summed E-state index contributed by atoms with van der Waals surface area (Å²) in [5, 5.41) is 9.41. The molecule has 1 N–H and O–H groups in total. The molecule has 6 nitrogen and oxygen atoms in total. The number of rotatable bonds is 6. The van der Waals surface area contributed by atoms with Gasteiger partial charge in [-0.1, -0.05) is 48.0 Å². The second-order valence-corrected chi connectivity index (χ2v) is 7.99. The largest absolute Gasteiger partial charge is 0.349 e. The van der Waals surface area contributed by atoms with Gasteiger partial charge in [0.15, 0.2) is 0 Å². The number of amides is 2. The monoisotopic (exact) mass is 424 g/mol. The fraction of sp³-hybridized carbons (Fsp3) is 0.348. The van der Waals surface area contributed by atoms with Gasteiger partial charge in [-0.2, -0.15) is 5.10 Å². The highest BCUT2D eigenvalue weighted by Gasteiger charge is 2.28. The number of anilines is 1. The van der Waals surface area contributed by atoms with Crippen LogP contribution >= 0.6 is 11.6 Å². The minimum absolute atomic E-state index is 0.0150. The van der Waals surface area contributed by atoms with Crippen LogP contribution in [0, 0.1) is 0 Å². The van der Waals surface area contributed by atoms with Crippen LogP contribution in [-0.4, -0.2) is 42.1 Å². The molecular weight excluding hydrogens is 400 g/mol. The summed E-state index contributed by atoms with van der Waals surface area (Å²) in [6, 6.07) is 17.0. The van der Waals surface area contributed by atoms with E-state index in [4.69, 9.17) is 11.6 Å². The third-order valence-corrected chi connectivity index (χ3v) is 5.94. The average molecular weight is 425 g/mol. The van der Waals surface area contributed by atoms with Gasteiger partial charge in [0.2, 0.25) is 5.91 Å². The first kappa shape index (κ1) is 20.6. The van der Waals surface area contributed by atoms with Crippen LogP contribution in [0.1, 0.15) is 37.3 Å². The van der Waals surface area contributed by atoms with E-state index in [1.807, 2.05) is 54.6 Å². The van der Waals surface area contributed by atoms with Gasteiger partial charge in [0, 0.05) is 24.4 Å². The van der Waals surface area contributed by atoms with Crippen molar-refractivity contribution in [2.24, 2.45) is 5.10 Å². The average Bonchev–Trinajstić information content (AvgIpc) is 3.30. The molecule has 1 atom stereocenters. The van der Waals surface area contributed by atoms with Crippen LogP contribution in [0.25, 0.3) is 0 Å². The molecule has 1 unspecified atom stereocenters. The molecule has 156 valence electrons. The molecule has 2 heterocycles. The number of halogens is 1. The van der Waals surface area contributed by atoms with Gasteiger partial charge in [-0.05, 0) is 49.7 Å². The fourth-order valence-corrected chi connectivity index (χ4v) is 4.28. The number of hydrazone groups is 1. The van der Waals surface area contributed by atoms with Crippen molar-refractivity contribution in [1.29, 1.82) is 0 Å². The molecule has 1 fully saturated rings. The highest BCUT2D eigenvalue weighted by Crippen LogP contribution is 2.29. The lowest BCUT2D eigenvalue weighted by molar-refractivity contribution is -0.119. The Bertz CT molecular complexity index is 941. The Morgan fingerprint density at radius 2 is 1.73 bits per heavy atom. The van der Waals surface area contributed by atoms with Gasteiger partial charge in [0.25, 0.3) is 5.91 Å². The predicted molar refractivity (Wildman–Crippen MR) is 119 cm³/mol. The minimum atomic E-state index is -0.236. The predicted octanol–water partition coefficient (Wildman–Crippen LogP) is 3.78. The van der Waals surface area contributed by atoms with E-state index in [2.05, 4.69) is 15.3 Å². The van der Waals surface area contributed by atoms with Crippen molar-refractivity contribution in [2.75, 3.05) is 24.6 Å². The normalized spacial score (nSPS) is 18.2. The zero-order valence-electron chi connectivity index (χ0n) is 16.8. The highest BCUT2D eigenvalue weighted by molar-refractivity contribution is 6.40. The Morgan fingerprint density at radius 1 is 1.03 bits per heavy atom. The smallest absolute Gasteiger partial charge is 0.267 e. The topological polar surface area (TPSA) is 65.0 Å². The Hall–Kier alpha value is -2.70. The zero-order valence-corrected chi connectivity index (χ0v) is 17.5. The van der Waals surface area contributed by atoms with E-state index in [-0.39, 0.29) is 24.3 Å². The molecule has 2 aliphatic heterocycles. The number of nitrogens with zero attached hydrogens (tertiary/aromatic N) is 3. The van der Waals surface area contributed by atoms with Gasteiger partial charge in [0.05, 0.1) is 11.7 Å². The molecule has 2 aromatic rings. The van der Waals surface area contributed by atoms with Crippen LogP contribution in [-0.2, 0) is 9.59 Å². The molecule has 0 aliphatic carbocycles. The lowest BCUT2D eigenvalue weighted by Gasteiger charge is -2.29. The molecule has 0 aromatic heterocycles. The lowest BCUT2D eigenvalue weighted by atomic mass is 10.0. The van der Waals surface area contributed by atoms with Crippen molar-refractivity contribution < 1.29 is 9.59 Å². The van der Waals surface area contributed by atoms with Gasteiger partial charge in [0.1, 0.15) is 5.71 Å². The van der Waals surface area contributed by atoms with Crippen LogP contribution in [0.2, 0.25) is 5.02 Å². The zero-order chi connectivity index (χ0) is 20.9. The van der Waals surface area contributed by atoms with E-state index in [9.17, 15) is 9.59 Å². The molecule has 1 saturated heterocycles. The summed E-state index contributed by atoms with van der Waals surface area (Å²) in [5.74, 6) is -0.344. The molecule has 30 heavy (non-hydrogen) atoms. The van der Waals surface area contributed by atoms with Crippen LogP contribution in [0.5, 0.6) is 0 Å². The first-order valence-electron chi connectivity index (χ1n) is 10.4. The van der Waals surface area contributed by atoms with Crippen molar-refractivity contribution in [3.05, 3.63) is 65.2 Å². The Kier molecular flexibility index (Phi) is 6.45. The summed E-state index contributed by atoms with van der Waals surface area (Å²) in [6.45, 7) is 2.42. The number of likely N-dealkylation sites (tertiary alicyclic amines) is 1. The number of carbonyl (C=O) groups is 2. The Labute approximate surface area is 181 Å². The quantitative estimate of drug-likeness (QED) is 0.767. The van der Waals surface area contributed by atoms with Gasteiger partial charge in [-0.15, -0.1) is 0 Å². The van der Waals surface area contributed by atoms with Crippen molar-refractivity contribution >= 4 is 34.8 Å². The Balaban J connectivity index is 1.49. The minimum Gasteiger partial charge on any atom is -0.349 e. The summed E-state index contributed by atoms with van der Waals surface area (Å²) in [4.78, 5) is 27.5. The Morgan fingerprint density at radius 3 is 2.47 bits per heavy atom. The summed E-state index contributed by atoms with van der Waals surface area (Å²) in [6.07, 6.45) is 2.90. The molecule has 0 bridgehead atoms. The van der Waals surface area contributed by atoms with E-state index < -0.39 is 0 Å². The molecular formula is C23H25ClN4O2. The van der Waals surface area contributed by atoms with Crippen molar-refractivity contribution in [1.82, 2.24) is 10.2 Å². The molecule has 0 spiro atoms. The molecule has 2 aliphatic rings. The lowest BCUT2D eigenvalue weighted by Crippen LogP contribution is -2.42. The van der Waals surface area contributed by atoms with Crippen LogP contribution < -0.4 is 10.3 Å². The molecule has 4 rings (SSSR count). The summed E-state index contributed by atoms with van der Waals surface area (Å²) < 4.78 is 0. The number of para-hydroxylation sites is 1. The third kappa shape index (κ3) is 4.55. The second kappa shape index (κ2) is 9.41. The van der Waals surface area contributed by atoms with Gasteiger partial charge < -0.3 is 5.32 Å². The summed E-state index contributed by atoms with van der Waals surface area (Å²) in [7, 11) is 0. The van der Waals surface area contributed by atoms with E-state index in [1.165, 1.54) is 5.01 Å². The maximum absolute atomic E-state index is 12.9. The maximum atomic E-state index is 12.9. The molecule has 2 amide bonds. The van der Waals surface area contributed by atoms with Crippen LogP contribution in [0.3, 0.4) is 0 Å². The van der Waals surface area contributed by atoms with E-state index >= 15 is 0 Å². The molecule has 0 radical (unpaired) electrons. The summed E-state index contributed by atoms with van der Waals surface area (Å²) in [5.41, 5.74) is 2.06. The highest BCUT2D eigenvalue weighted by atomic mass is 35.5. The standard InChI is InChI=1S/C23H25ClN4O2/c24-19-11-5-4-10-18(19)21(27-14-6-7-15-27)16-25-23(30)20-12-13-22(29)28(26-20)17-8-2-1-3-9-17/h1-5,8-11,21H,6-7,12-16H2,(H,25,30). The van der Waals surface area contributed by atoms with Crippen molar-refractivity contribution in [2.45, 2.75) is 31.7 Å². The van der Waals surface area contributed by atoms with Crippen LogP contribution in [0.4, 0.5) is 5.69 Å². The first-order valence-corrected chi connectivity index (χ1v) is 10.7. The molecule has 7 heteroatoms. The number of benzene rings is 2. The number of hydrogen-bond acceptors (Lipinski definition) is 4. The van der Waals surface area contributed by atoms with Gasteiger partial charge >= 0.3 is 0 Å². The maximum Gasteiger partial charge on any atom is 0.267 e. The van der Waals surface area contributed by atoms with E-state index in [1.54, 1.807) is 0 Å². The van der Waals surface area contributed by atoms with E-state index in [0.29, 0.717) is 29.4 Å². The third-order valence-electron chi connectivity index (χ3n) is 5.60. The van der Waals surface area contributed by atoms with E-state index in [0.717, 1.165) is 31.5 Å². The van der Waals surface area contributed by atoms with Crippen LogP contribution in [0.15, 0.2) is 59.7 Å². The molecule has 2 aromatic carbocycles. The number of carbonyl (C=O) groups excluding carboxylic acids is 2. The number of nitrogens with one attached hydrogen (secondary N) is 1. The van der Waals surface area contributed by atoms with Gasteiger partial charge in [-0.3, -0.25) is 14.5 Å².